The van der Waals surface area contributed by atoms with E-state index in [1.54, 1.807) is 12.1 Å². The third-order valence-electron chi connectivity index (χ3n) is 3.10. The van der Waals surface area contributed by atoms with Gasteiger partial charge in [0.15, 0.2) is 11.6 Å². The van der Waals surface area contributed by atoms with Crippen LogP contribution in [0.5, 0.6) is 5.75 Å². The molecule has 2 amide bonds. The van der Waals surface area contributed by atoms with Crippen molar-refractivity contribution in [2.45, 2.75) is 6.54 Å². The predicted molar refractivity (Wildman–Crippen MR) is 79.8 cm³/mol. The Bertz CT molecular complexity index is 677. The van der Waals surface area contributed by atoms with Gasteiger partial charge >= 0.3 is 6.03 Å². The number of rotatable bonds is 4. The quantitative estimate of drug-likeness (QED) is 0.937. The number of urea groups is 1. The van der Waals surface area contributed by atoms with Gasteiger partial charge in [0.25, 0.3) is 0 Å². The molecular formula is C16H16F2N2O2. The van der Waals surface area contributed by atoms with Gasteiger partial charge in [0.2, 0.25) is 0 Å². The Morgan fingerprint density at radius 3 is 2.55 bits per heavy atom. The first kappa shape index (κ1) is 15.8. The Morgan fingerprint density at radius 1 is 1.18 bits per heavy atom. The zero-order valence-electron chi connectivity index (χ0n) is 12.3. The minimum absolute atomic E-state index is 0.0975. The van der Waals surface area contributed by atoms with Crippen molar-refractivity contribution in [1.29, 1.82) is 0 Å². The summed E-state index contributed by atoms with van der Waals surface area (Å²) in [5, 5.41) is 2.46. The lowest BCUT2D eigenvalue weighted by Crippen LogP contribution is -2.31. The van der Waals surface area contributed by atoms with Gasteiger partial charge in [-0.3, -0.25) is 0 Å². The standard InChI is InChI=1S/C16H16F2N2O2/c1-20(10-11-7-8-15(22-2)13(18)9-11)16(21)19-14-6-4-3-5-12(14)17/h3-9H,10H2,1-2H3,(H,19,21). The zero-order chi connectivity index (χ0) is 16.1. The summed E-state index contributed by atoms with van der Waals surface area (Å²) in [6.45, 7) is 0.182. The van der Waals surface area contributed by atoms with E-state index in [4.69, 9.17) is 4.74 Å². The summed E-state index contributed by atoms with van der Waals surface area (Å²) in [5.41, 5.74) is 0.699. The van der Waals surface area contributed by atoms with Crippen LogP contribution in [-0.4, -0.2) is 25.1 Å². The summed E-state index contributed by atoms with van der Waals surface area (Å²) < 4.78 is 31.9. The number of carbonyl (C=O) groups is 1. The maximum Gasteiger partial charge on any atom is 0.321 e. The smallest absolute Gasteiger partial charge is 0.321 e. The molecule has 0 aromatic heterocycles. The van der Waals surface area contributed by atoms with Crippen molar-refractivity contribution in [3.63, 3.8) is 0 Å². The summed E-state index contributed by atoms with van der Waals surface area (Å²) in [5.74, 6) is -0.870. The number of benzene rings is 2. The molecule has 4 nitrogen and oxygen atoms in total. The molecule has 0 aliphatic rings. The topological polar surface area (TPSA) is 41.6 Å². The minimum Gasteiger partial charge on any atom is -0.494 e. The van der Waals surface area contributed by atoms with Gasteiger partial charge in [0, 0.05) is 13.6 Å². The second kappa shape index (κ2) is 6.89. The van der Waals surface area contributed by atoms with Gasteiger partial charge in [-0.1, -0.05) is 18.2 Å². The van der Waals surface area contributed by atoms with Crippen molar-refractivity contribution >= 4 is 11.7 Å². The van der Waals surface area contributed by atoms with E-state index in [9.17, 15) is 13.6 Å². The number of amides is 2. The minimum atomic E-state index is -0.514. The van der Waals surface area contributed by atoms with E-state index in [1.165, 1.54) is 49.4 Å². The highest BCUT2D eigenvalue weighted by molar-refractivity contribution is 5.89. The Kier molecular flexibility index (Phi) is 4.93. The van der Waals surface area contributed by atoms with Crippen molar-refractivity contribution in [3.8, 4) is 5.75 Å². The monoisotopic (exact) mass is 306 g/mol. The molecule has 0 saturated carbocycles. The van der Waals surface area contributed by atoms with Crippen LogP contribution in [0, 0.1) is 11.6 Å². The number of nitrogens with one attached hydrogen (secondary N) is 1. The van der Waals surface area contributed by atoms with Crippen LogP contribution in [0.15, 0.2) is 42.5 Å². The molecule has 2 aromatic carbocycles. The van der Waals surface area contributed by atoms with Crippen LogP contribution in [0.4, 0.5) is 19.3 Å². The maximum absolute atomic E-state index is 13.6. The maximum atomic E-state index is 13.6. The molecule has 22 heavy (non-hydrogen) atoms. The van der Waals surface area contributed by atoms with E-state index < -0.39 is 17.7 Å². The lowest BCUT2D eigenvalue weighted by atomic mass is 10.2. The number of hydrogen-bond donors (Lipinski definition) is 1. The molecule has 6 heteroatoms. The molecule has 0 fully saturated rings. The first-order valence-corrected chi connectivity index (χ1v) is 6.60. The lowest BCUT2D eigenvalue weighted by molar-refractivity contribution is 0.220. The fraction of sp³-hybridized carbons (Fsp3) is 0.188. The van der Waals surface area contributed by atoms with Crippen molar-refractivity contribution in [2.24, 2.45) is 0 Å². The molecular weight excluding hydrogens is 290 g/mol. The second-order valence-electron chi connectivity index (χ2n) is 4.73. The highest BCUT2D eigenvalue weighted by Gasteiger charge is 2.12. The van der Waals surface area contributed by atoms with E-state index in [-0.39, 0.29) is 18.0 Å². The number of para-hydroxylation sites is 1. The van der Waals surface area contributed by atoms with Crippen LogP contribution in [0.3, 0.4) is 0 Å². The van der Waals surface area contributed by atoms with E-state index in [2.05, 4.69) is 5.32 Å². The third-order valence-corrected chi connectivity index (χ3v) is 3.10. The van der Waals surface area contributed by atoms with Gasteiger partial charge in [-0.25, -0.2) is 13.6 Å². The number of nitrogens with zero attached hydrogens (tertiary/aromatic N) is 1. The molecule has 1 N–H and O–H groups in total. The number of halogens is 2. The van der Waals surface area contributed by atoms with Crippen molar-refractivity contribution in [2.75, 3.05) is 19.5 Å². The Morgan fingerprint density at radius 2 is 1.91 bits per heavy atom. The molecule has 2 aromatic rings. The summed E-state index contributed by atoms with van der Waals surface area (Å²) in [7, 11) is 2.92. The Balaban J connectivity index is 2.02. The molecule has 0 bridgehead atoms. The first-order chi connectivity index (χ1) is 10.5. The molecule has 0 spiro atoms. The van der Waals surface area contributed by atoms with Gasteiger partial charge in [0.05, 0.1) is 12.8 Å². The van der Waals surface area contributed by atoms with Crippen LogP contribution in [0.1, 0.15) is 5.56 Å². The number of hydrogen-bond acceptors (Lipinski definition) is 2. The van der Waals surface area contributed by atoms with Crippen molar-refractivity contribution in [3.05, 3.63) is 59.7 Å². The van der Waals surface area contributed by atoms with Gasteiger partial charge in [0.1, 0.15) is 5.82 Å². The average Bonchev–Trinajstić information content (AvgIpc) is 2.49. The number of methoxy groups -OCH3 is 1. The third kappa shape index (κ3) is 3.72. The summed E-state index contributed by atoms with van der Waals surface area (Å²) in [4.78, 5) is 13.3. The van der Waals surface area contributed by atoms with E-state index in [0.29, 0.717) is 5.56 Å². The van der Waals surface area contributed by atoms with Crippen molar-refractivity contribution in [1.82, 2.24) is 4.90 Å². The van der Waals surface area contributed by atoms with Crippen molar-refractivity contribution < 1.29 is 18.3 Å². The first-order valence-electron chi connectivity index (χ1n) is 6.60. The molecule has 0 radical (unpaired) electrons. The highest BCUT2D eigenvalue weighted by Crippen LogP contribution is 2.19. The lowest BCUT2D eigenvalue weighted by Gasteiger charge is -2.18. The molecule has 0 aliphatic heterocycles. The summed E-state index contributed by atoms with van der Waals surface area (Å²) in [6.07, 6.45) is 0. The molecule has 0 aliphatic carbocycles. The van der Waals surface area contributed by atoms with Gasteiger partial charge in [-0.2, -0.15) is 0 Å². The van der Waals surface area contributed by atoms with E-state index in [1.807, 2.05) is 0 Å². The van der Waals surface area contributed by atoms with Crippen LogP contribution in [0.2, 0.25) is 0 Å². The average molecular weight is 306 g/mol. The van der Waals surface area contributed by atoms with Crippen LogP contribution in [-0.2, 0) is 6.54 Å². The summed E-state index contributed by atoms with van der Waals surface area (Å²) >= 11 is 0. The van der Waals surface area contributed by atoms with Crippen LogP contribution >= 0.6 is 0 Å². The summed E-state index contributed by atoms with van der Waals surface area (Å²) in [6, 6.07) is 9.85. The Labute approximate surface area is 127 Å². The SMILES string of the molecule is COc1ccc(CN(C)C(=O)Nc2ccccc2F)cc1F. The Hall–Kier alpha value is -2.63. The van der Waals surface area contributed by atoms with Gasteiger partial charge in [-0.05, 0) is 29.8 Å². The van der Waals surface area contributed by atoms with Gasteiger partial charge in [-0.15, -0.1) is 0 Å². The molecule has 0 unspecified atom stereocenters. The van der Waals surface area contributed by atoms with E-state index in [0.717, 1.165) is 0 Å². The normalized spacial score (nSPS) is 10.2. The van der Waals surface area contributed by atoms with Crippen LogP contribution < -0.4 is 10.1 Å². The highest BCUT2D eigenvalue weighted by atomic mass is 19.1. The fourth-order valence-electron chi connectivity index (χ4n) is 1.93. The zero-order valence-corrected chi connectivity index (χ0v) is 12.3. The molecule has 2 rings (SSSR count). The molecule has 0 saturated heterocycles. The number of ether oxygens (including phenoxy) is 1. The van der Waals surface area contributed by atoms with E-state index >= 15 is 0 Å². The number of anilines is 1. The largest absolute Gasteiger partial charge is 0.494 e. The predicted octanol–water partition coefficient (Wildman–Crippen LogP) is 3.64. The second-order valence-corrected chi connectivity index (χ2v) is 4.73. The fourth-order valence-corrected chi connectivity index (χ4v) is 1.93. The van der Waals surface area contributed by atoms with Crippen LogP contribution in [0.25, 0.3) is 0 Å². The molecule has 116 valence electrons. The number of carbonyl (C=O) groups excluding carboxylic acids is 1. The van der Waals surface area contributed by atoms with Gasteiger partial charge < -0.3 is 15.0 Å². The molecule has 0 heterocycles. The molecule has 0 atom stereocenters.